The molecule has 26 heavy (non-hydrogen) atoms. The molecule has 0 aromatic heterocycles. The number of anilines is 1. The lowest BCUT2D eigenvalue weighted by molar-refractivity contribution is -0.113. The van der Waals surface area contributed by atoms with Gasteiger partial charge in [-0.3, -0.25) is 9.69 Å². The van der Waals surface area contributed by atoms with Gasteiger partial charge in [0.05, 0.1) is 12.8 Å². The van der Waals surface area contributed by atoms with E-state index in [4.69, 9.17) is 17.0 Å². The Bertz CT molecular complexity index is 888. The molecule has 2 N–H and O–H groups in total. The normalized spacial score (nSPS) is 15.7. The zero-order valence-corrected chi connectivity index (χ0v) is 15.6. The number of ether oxygens (including phenoxy) is 1. The van der Waals surface area contributed by atoms with Gasteiger partial charge < -0.3 is 15.2 Å². The minimum Gasteiger partial charge on any atom is -0.504 e. The standard InChI is InChI=1S/C20H20N2O3S/c1-12(2)14-5-7-15(8-6-14)22-19(24)16(21-20(22)26)10-13-4-9-17(23)18(11-13)25-3/h4-12,23H,1-3H3,(H,21,26)/b16-10-. The number of carbonyl (C=O) groups is 1. The molecule has 2 aromatic rings. The SMILES string of the molecule is COc1cc(/C=C2\NC(=S)N(c3ccc(C(C)C)cc3)C2=O)ccc1O. The Morgan fingerprint density at radius 2 is 1.88 bits per heavy atom. The molecule has 1 heterocycles. The van der Waals surface area contributed by atoms with E-state index in [0.717, 1.165) is 11.3 Å². The van der Waals surface area contributed by atoms with Crippen LogP contribution in [0.3, 0.4) is 0 Å². The van der Waals surface area contributed by atoms with Crippen molar-refractivity contribution >= 4 is 35.0 Å². The highest BCUT2D eigenvalue weighted by atomic mass is 32.1. The fourth-order valence-electron chi connectivity index (χ4n) is 2.73. The van der Waals surface area contributed by atoms with E-state index in [1.807, 2.05) is 24.3 Å². The first kappa shape index (κ1) is 17.9. The number of hydrogen-bond donors (Lipinski definition) is 2. The average Bonchev–Trinajstić information content (AvgIpc) is 2.90. The fourth-order valence-corrected chi connectivity index (χ4v) is 3.03. The molecule has 1 aliphatic heterocycles. The van der Waals surface area contributed by atoms with Gasteiger partial charge in [-0.15, -0.1) is 0 Å². The van der Waals surface area contributed by atoms with Crippen LogP contribution in [0.2, 0.25) is 0 Å². The molecule has 1 saturated heterocycles. The number of hydrogen-bond acceptors (Lipinski definition) is 4. The van der Waals surface area contributed by atoms with E-state index in [1.165, 1.54) is 23.6 Å². The summed E-state index contributed by atoms with van der Waals surface area (Å²) in [5.74, 6) is 0.582. The van der Waals surface area contributed by atoms with Crippen LogP contribution in [0.15, 0.2) is 48.2 Å². The molecule has 0 bridgehead atoms. The Kier molecular flexibility index (Phi) is 4.95. The third-order valence-corrected chi connectivity index (χ3v) is 4.50. The van der Waals surface area contributed by atoms with Gasteiger partial charge in [0.2, 0.25) is 0 Å². The number of rotatable bonds is 4. The molecule has 1 fully saturated rings. The molecule has 5 nitrogen and oxygen atoms in total. The Balaban J connectivity index is 1.89. The molecule has 2 aromatic carbocycles. The summed E-state index contributed by atoms with van der Waals surface area (Å²) in [5, 5.41) is 13.0. The van der Waals surface area contributed by atoms with Gasteiger partial charge in [0, 0.05) is 0 Å². The maximum Gasteiger partial charge on any atom is 0.281 e. The van der Waals surface area contributed by atoms with Crippen LogP contribution in [0.1, 0.15) is 30.9 Å². The molecule has 0 radical (unpaired) electrons. The molecule has 1 aliphatic rings. The number of methoxy groups -OCH3 is 1. The monoisotopic (exact) mass is 368 g/mol. The predicted octanol–water partition coefficient (Wildman–Crippen LogP) is 3.79. The summed E-state index contributed by atoms with van der Waals surface area (Å²) >= 11 is 5.34. The van der Waals surface area contributed by atoms with Crippen LogP contribution in [-0.4, -0.2) is 23.2 Å². The van der Waals surface area contributed by atoms with Crippen molar-refractivity contribution in [3.8, 4) is 11.5 Å². The van der Waals surface area contributed by atoms with Gasteiger partial charge in [-0.05, 0) is 59.6 Å². The largest absolute Gasteiger partial charge is 0.504 e. The van der Waals surface area contributed by atoms with Gasteiger partial charge in [0.25, 0.3) is 5.91 Å². The molecule has 134 valence electrons. The van der Waals surface area contributed by atoms with Gasteiger partial charge in [0.1, 0.15) is 5.70 Å². The average molecular weight is 368 g/mol. The van der Waals surface area contributed by atoms with Crippen LogP contribution in [-0.2, 0) is 4.79 Å². The van der Waals surface area contributed by atoms with E-state index >= 15 is 0 Å². The highest BCUT2D eigenvalue weighted by molar-refractivity contribution is 7.80. The fraction of sp³-hybridized carbons (Fsp3) is 0.200. The number of phenolic OH excluding ortho intramolecular Hbond substituents is 1. The Morgan fingerprint density at radius 3 is 2.50 bits per heavy atom. The second-order valence-corrected chi connectivity index (χ2v) is 6.69. The molecule has 6 heteroatoms. The number of benzene rings is 2. The van der Waals surface area contributed by atoms with Crippen molar-refractivity contribution in [3.63, 3.8) is 0 Å². The number of nitrogens with zero attached hydrogens (tertiary/aromatic N) is 1. The first-order valence-electron chi connectivity index (χ1n) is 8.25. The lowest BCUT2D eigenvalue weighted by Crippen LogP contribution is -2.30. The van der Waals surface area contributed by atoms with Crippen LogP contribution in [0.25, 0.3) is 6.08 Å². The van der Waals surface area contributed by atoms with E-state index in [0.29, 0.717) is 22.5 Å². The van der Waals surface area contributed by atoms with Crippen molar-refractivity contribution in [2.45, 2.75) is 19.8 Å². The van der Waals surface area contributed by atoms with E-state index in [2.05, 4.69) is 19.2 Å². The second-order valence-electron chi connectivity index (χ2n) is 6.31. The third-order valence-electron chi connectivity index (χ3n) is 4.21. The zero-order valence-electron chi connectivity index (χ0n) is 14.8. The van der Waals surface area contributed by atoms with E-state index in [9.17, 15) is 9.90 Å². The van der Waals surface area contributed by atoms with Gasteiger partial charge >= 0.3 is 0 Å². The van der Waals surface area contributed by atoms with Crippen molar-refractivity contribution in [2.75, 3.05) is 12.0 Å². The summed E-state index contributed by atoms with van der Waals surface area (Å²) in [6, 6.07) is 12.7. The first-order chi connectivity index (χ1) is 12.4. The van der Waals surface area contributed by atoms with Crippen LogP contribution in [0.5, 0.6) is 11.5 Å². The number of phenols is 1. The van der Waals surface area contributed by atoms with Gasteiger partial charge in [0.15, 0.2) is 16.6 Å². The summed E-state index contributed by atoms with van der Waals surface area (Å²) in [7, 11) is 1.47. The van der Waals surface area contributed by atoms with E-state index < -0.39 is 0 Å². The van der Waals surface area contributed by atoms with Crippen LogP contribution in [0, 0.1) is 0 Å². The van der Waals surface area contributed by atoms with E-state index in [-0.39, 0.29) is 11.7 Å². The van der Waals surface area contributed by atoms with Crippen LogP contribution < -0.4 is 15.0 Å². The van der Waals surface area contributed by atoms with Crippen molar-refractivity contribution in [1.82, 2.24) is 5.32 Å². The van der Waals surface area contributed by atoms with Gasteiger partial charge in [-0.25, -0.2) is 0 Å². The van der Waals surface area contributed by atoms with Gasteiger partial charge in [-0.1, -0.05) is 32.0 Å². The maximum absolute atomic E-state index is 12.8. The molecule has 1 amide bonds. The lowest BCUT2D eigenvalue weighted by Gasteiger charge is -2.15. The number of amides is 1. The topological polar surface area (TPSA) is 61.8 Å². The van der Waals surface area contributed by atoms with Crippen LogP contribution in [0.4, 0.5) is 5.69 Å². The lowest BCUT2D eigenvalue weighted by atomic mass is 10.0. The van der Waals surface area contributed by atoms with Crippen molar-refractivity contribution in [3.05, 3.63) is 59.3 Å². The number of thiocarbonyl (C=S) groups is 1. The summed E-state index contributed by atoms with van der Waals surface area (Å²) in [5.41, 5.74) is 3.01. The van der Waals surface area contributed by atoms with Crippen LogP contribution >= 0.6 is 12.2 Å². The molecular formula is C20H20N2O3S. The molecule has 0 aliphatic carbocycles. The molecule has 0 atom stereocenters. The zero-order chi connectivity index (χ0) is 18.8. The number of carbonyl (C=O) groups excluding carboxylic acids is 1. The second kappa shape index (κ2) is 7.17. The van der Waals surface area contributed by atoms with Gasteiger partial charge in [-0.2, -0.15) is 0 Å². The Labute approximate surface area is 157 Å². The minimum atomic E-state index is -0.223. The predicted molar refractivity (Wildman–Crippen MR) is 106 cm³/mol. The maximum atomic E-state index is 12.8. The molecule has 0 spiro atoms. The van der Waals surface area contributed by atoms with Crippen molar-refractivity contribution in [2.24, 2.45) is 0 Å². The Hall–Kier alpha value is -2.86. The molecule has 0 saturated carbocycles. The minimum absolute atomic E-state index is 0.0442. The molecule has 3 rings (SSSR count). The molecular weight excluding hydrogens is 348 g/mol. The highest BCUT2D eigenvalue weighted by Crippen LogP contribution is 2.29. The van der Waals surface area contributed by atoms with E-state index in [1.54, 1.807) is 18.2 Å². The summed E-state index contributed by atoms with van der Waals surface area (Å²) < 4.78 is 5.10. The highest BCUT2D eigenvalue weighted by Gasteiger charge is 2.31. The smallest absolute Gasteiger partial charge is 0.281 e. The summed E-state index contributed by atoms with van der Waals surface area (Å²) in [6.45, 7) is 4.24. The third kappa shape index (κ3) is 3.41. The summed E-state index contributed by atoms with van der Waals surface area (Å²) in [4.78, 5) is 14.3. The van der Waals surface area contributed by atoms with Crippen molar-refractivity contribution < 1.29 is 14.6 Å². The first-order valence-corrected chi connectivity index (χ1v) is 8.65. The Morgan fingerprint density at radius 1 is 1.19 bits per heavy atom. The summed E-state index contributed by atoms with van der Waals surface area (Å²) in [6.07, 6.45) is 1.68. The molecule has 0 unspecified atom stereocenters. The quantitative estimate of drug-likeness (QED) is 0.635. The van der Waals surface area contributed by atoms with Crippen molar-refractivity contribution in [1.29, 1.82) is 0 Å². The number of aromatic hydroxyl groups is 1. The number of nitrogens with one attached hydrogen (secondary N) is 1.